The average Bonchev–Trinajstić information content (AvgIpc) is 3.14. The normalized spacial score (nSPS) is 21.7. The number of hydrogen-bond donors (Lipinski definition) is 0. The van der Waals surface area contributed by atoms with Gasteiger partial charge < -0.3 is 0 Å². The standard InChI is InChI=1S/C19H20Cl2N2O2S/c20-16-5-6-18(21)19(11-16)26(24,25)23-10-8-17(13-23)22-9-7-14-3-1-2-4-15(14)12-22/h1-6,11,17H,7-10,12-13H2/t17-/m0/s1. The summed E-state index contributed by atoms with van der Waals surface area (Å²) in [5.41, 5.74) is 2.75. The van der Waals surface area contributed by atoms with Crippen molar-refractivity contribution in [3.8, 4) is 0 Å². The molecular formula is C19H20Cl2N2O2S. The summed E-state index contributed by atoms with van der Waals surface area (Å²) in [6.07, 6.45) is 1.85. The lowest BCUT2D eigenvalue weighted by molar-refractivity contribution is 0.185. The van der Waals surface area contributed by atoms with Crippen LogP contribution in [0.2, 0.25) is 10.0 Å². The summed E-state index contributed by atoms with van der Waals surface area (Å²) < 4.78 is 27.5. The largest absolute Gasteiger partial charge is 0.294 e. The molecule has 0 radical (unpaired) electrons. The molecular weight excluding hydrogens is 391 g/mol. The molecule has 2 heterocycles. The van der Waals surface area contributed by atoms with E-state index in [9.17, 15) is 8.42 Å². The van der Waals surface area contributed by atoms with E-state index in [4.69, 9.17) is 23.2 Å². The van der Waals surface area contributed by atoms with Gasteiger partial charge in [-0.2, -0.15) is 4.31 Å². The highest BCUT2D eigenvalue weighted by Gasteiger charge is 2.37. The summed E-state index contributed by atoms with van der Waals surface area (Å²) in [5.74, 6) is 0. The Morgan fingerprint density at radius 3 is 2.58 bits per heavy atom. The number of halogens is 2. The number of nitrogens with zero attached hydrogens (tertiary/aromatic N) is 2. The van der Waals surface area contributed by atoms with Gasteiger partial charge in [0.15, 0.2) is 0 Å². The van der Waals surface area contributed by atoms with E-state index in [0.717, 1.165) is 25.9 Å². The van der Waals surface area contributed by atoms with Gasteiger partial charge >= 0.3 is 0 Å². The van der Waals surface area contributed by atoms with E-state index in [1.807, 2.05) is 0 Å². The van der Waals surface area contributed by atoms with Crippen molar-refractivity contribution in [1.82, 2.24) is 9.21 Å². The second-order valence-corrected chi connectivity index (χ2v) is 9.62. The van der Waals surface area contributed by atoms with E-state index in [-0.39, 0.29) is 16.0 Å². The van der Waals surface area contributed by atoms with Crippen LogP contribution >= 0.6 is 23.2 Å². The maximum atomic E-state index is 13.0. The second kappa shape index (κ2) is 7.13. The van der Waals surface area contributed by atoms with Crippen molar-refractivity contribution in [3.63, 3.8) is 0 Å². The monoisotopic (exact) mass is 410 g/mol. The van der Waals surface area contributed by atoms with Gasteiger partial charge in [0, 0.05) is 37.2 Å². The molecule has 2 aromatic rings. The molecule has 7 heteroatoms. The Balaban J connectivity index is 1.51. The van der Waals surface area contributed by atoms with Gasteiger partial charge in [-0.1, -0.05) is 47.5 Å². The van der Waals surface area contributed by atoms with Crippen molar-refractivity contribution >= 4 is 33.2 Å². The van der Waals surface area contributed by atoms with Gasteiger partial charge in [-0.15, -0.1) is 0 Å². The maximum Gasteiger partial charge on any atom is 0.244 e. The van der Waals surface area contributed by atoms with E-state index in [1.165, 1.54) is 27.6 Å². The highest BCUT2D eigenvalue weighted by Crippen LogP contribution is 2.31. The SMILES string of the molecule is O=S(=O)(c1cc(Cl)ccc1Cl)N1CC[C@H](N2CCc3ccccc3C2)C1. The van der Waals surface area contributed by atoms with Crippen LogP contribution in [0, 0.1) is 0 Å². The van der Waals surface area contributed by atoms with E-state index >= 15 is 0 Å². The van der Waals surface area contributed by atoms with Crippen molar-refractivity contribution in [2.24, 2.45) is 0 Å². The van der Waals surface area contributed by atoms with Gasteiger partial charge in [0.05, 0.1) is 5.02 Å². The lowest BCUT2D eigenvalue weighted by Crippen LogP contribution is -2.41. The molecule has 138 valence electrons. The third-order valence-electron chi connectivity index (χ3n) is 5.31. The van der Waals surface area contributed by atoms with Crippen LogP contribution < -0.4 is 0 Å². The van der Waals surface area contributed by atoms with Gasteiger partial charge in [-0.3, -0.25) is 4.90 Å². The zero-order chi connectivity index (χ0) is 18.3. The van der Waals surface area contributed by atoms with Gasteiger partial charge in [0.25, 0.3) is 0 Å². The lowest BCUT2D eigenvalue weighted by atomic mass is 9.98. The van der Waals surface area contributed by atoms with Crippen LogP contribution in [-0.4, -0.2) is 43.3 Å². The molecule has 0 spiro atoms. The smallest absolute Gasteiger partial charge is 0.244 e. The van der Waals surface area contributed by atoms with Gasteiger partial charge in [-0.05, 0) is 42.2 Å². The Labute approximate surface area is 164 Å². The van der Waals surface area contributed by atoms with Gasteiger partial charge in [0.2, 0.25) is 10.0 Å². The summed E-state index contributed by atoms with van der Waals surface area (Å²) in [6, 6.07) is 13.3. The maximum absolute atomic E-state index is 13.0. The molecule has 0 unspecified atom stereocenters. The molecule has 1 atom stereocenters. The average molecular weight is 411 g/mol. The molecule has 0 aromatic heterocycles. The molecule has 0 saturated carbocycles. The van der Waals surface area contributed by atoms with E-state index in [0.29, 0.717) is 18.1 Å². The number of hydrogen-bond acceptors (Lipinski definition) is 3. The fraction of sp³-hybridized carbons (Fsp3) is 0.368. The molecule has 1 fully saturated rings. The van der Waals surface area contributed by atoms with Crippen molar-refractivity contribution in [3.05, 3.63) is 63.6 Å². The first-order valence-electron chi connectivity index (χ1n) is 8.71. The predicted molar refractivity (Wildman–Crippen MR) is 104 cm³/mol. The van der Waals surface area contributed by atoms with Crippen molar-refractivity contribution in [2.45, 2.75) is 30.3 Å². The summed E-state index contributed by atoms with van der Waals surface area (Å²) >= 11 is 12.1. The van der Waals surface area contributed by atoms with Crippen LogP contribution in [0.4, 0.5) is 0 Å². The highest BCUT2D eigenvalue weighted by atomic mass is 35.5. The zero-order valence-corrected chi connectivity index (χ0v) is 16.6. The molecule has 2 aliphatic heterocycles. The van der Waals surface area contributed by atoms with Crippen LogP contribution in [0.1, 0.15) is 17.5 Å². The Kier molecular flexibility index (Phi) is 5.01. The molecule has 0 aliphatic carbocycles. The Morgan fingerprint density at radius 2 is 1.77 bits per heavy atom. The minimum atomic E-state index is -3.63. The van der Waals surface area contributed by atoms with E-state index in [1.54, 1.807) is 6.07 Å². The molecule has 1 saturated heterocycles. The molecule has 26 heavy (non-hydrogen) atoms. The molecule has 2 aliphatic rings. The second-order valence-electron chi connectivity index (χ2n) is 6.87. The van der Waals surface area contributed by atoms with E-state index in [2.05, 4.69) is 29.2 Å². The summed E-state index contributed by atoms with van der Waals surface area (Å²) in [4.78, 5) is 2.49. The minimum absolute atomic E-state index is 0.0938. The first-order chi connectivity index (χ1) is 12.4. The van der Waals surface area contributed by atoms with Crippen molar-refractivity contribution in [2.75, 3.05) is 19.6 Å². The third-order valence-corrected chi connectivity index (χ3v) is 7.90. The third kappa shape index (κ3) is 3.39. The predicted octanol–water partition coefficient (Wildman–Crippen LogP) is 3.81. The zero-order valence-electron chi connectivity index (χ0n) is 14.2. The molecule has 0 N–H and O–H groups in total. The summed E-state index contributed by atoms with van der Waals surface area (Å²) in [7, 11) is -3.63. The van der Waals surface area contributed by atoms with Crippen LogP contribution in [0.25, 0.3) is 0 Å². The number of rotatable bonds is 3. The number of benzene rings is 2. The van der Waals surface area contributed by atoms with E-state index < -0.39 is 10.0 Å². The lowest BCUT2D eigenvalue weighted by Gasteiger charge is -2.33. The molecule has 0 bridgehead atoms. The Morgan fingerprint density at radius 1 is 1.00 bits per heavy atom. The Hall–Kier alpha value is -1.11. The van der Waals surface area contributed by atoms with Crippen molar-refractivity contribution in [1.29, 1.82) is 0 Å². The quantitative estimate of drug-likeness (QED) is 0.771. The molecule has 4 rings (SSSR count). The van der Waals surface area contributed by atoms with Gasteiger partial charge in [0.1, 0.15) is 4.90 Å². The van der Waals surface area contributed by atoms with Gasteiger partial charge in [-0.25, -0.2) is 8.42 Å². The Bertz CT molecular complexity index is 933. The summed E-state index contributed by atoms with van der Waals surface area (Å²) in [6.45, 7) is 2.85. The molecule has 4 nitrogen and oxygen atoms in total. The first kappa shape index (κ1) is 18.3. The highest BCUT2D eigenvalue weighted by molar-refractivity contribution is 7.89. The van der Waals surface area contributed by atoms with Crippen LogP contribution in [-0.2, 0) is 23.0 Å². The van der Waals surface area contributed by atoms with Crippen LogP contribution in [0.5, 0.6) is 0 Å². The van der Waals surface area contributed by atoms with Crippen LogP contribution in [0.3, 0.4) is 0 Å². The fourth-order valence-electron chi connectivity index (χ4n) is 3.87. The fourth-order valence-corrected chi connectivity index (χ4v) is 6.10. The first-order valence-corrected chi connectivity index (χ1v) is 10.9. The topological polar surface area (TPSA) is 40.6 Å². The molecule has 0 amide bonds. The van der Waals surface area contributed by atoms with Crippen LogP contribution in [0.15, 0.2) is 47.4 Å². The molecule has 2 aromatic carbocycles. The summed E-state index contributed by atoms with van der Waals surface area (Å²) in [5, 5.41) is 0.584. The van der Waals surface area contributed by atoms with Crippen molar-refractivity contribution < 1.29 is 8.42 Å². The minimum Gasteiger partial charge on any atom is -0.294 e. The number of fused-ring (bicyclic) bond motifs is 1. The number of sulfonamides is 1.